The van der Waals surface area contributed by atoms with E-state index in [9.17, 15) is 13.2 Å². The molecule has 23 heavy (non-hydrogen) atoms. The van der Waals surface area contributed by atoms with Crippen LogP contribution in [0.3, 0.4) is 0 Å². The monoisotopic (exact) mass is 331 g/mol. The Morgan fingerprint density at radius 3 is 2.30 bits per heavy atom. The summed E-state index contributed by atoms with van der Waals surface area (Å²) >= 11 is 0. The van der Waals surface area contributed by atoms with E-state index in [-0.39, 0.29) is 11.9 Å². The number of hydrogen-bond acceptors (Lipinski definition) is 3. The van der Waals surface area contributed by atoms with Crippen molar-refractivity contribution in [2.45, 2.75) is 64.6 Å². The molecule has 0 amide bonds. The van der Waals surface area contributed by atoms with Crippen molar-refractivity contribution in [2.24, 2.45) is 0 Å². The first kappa shape index (κ1) is 17.9. The number of nitrogens with zero attached hydrogens (tertiary/aromatic N) is 1. The van der Waals surface area contributed by atoms with Gasteiger partial charge in [-0.25, -0.2) is 0 Å². The van der Waals surface area contributed by atoms with E-state index in [1.165, 1.54) is 24.3 Å². The predicted octanol–water partition coefficient (Wildman–Crippen LogP) is 4.62. The number of likely N-dealkylation sites (tertiary alicyclic amines) is 1. The molecule has 0 radical (unpaired) electrons. The van der Waals surface area contributed by atoms with Crippen LogP contribution in [-0.4, -0.2) is 36.0 Å². The second-order valence-corrected chi connectivity index (χ2v) is 6.18. The predicted molar refractivity (Wildman–Crippen MR) is 82.7 cm³/mol. The molecule has 0 unspecified atom stereocenters. The molecule has 0 aromatic heterocycles. The van der Waals surface area contributed by atoms with Crippen LogP contribution in [0.5, 0.6) is 11.5 Å². The van der Waals surface area contributed by atoms with Crippen LogP contribution >= 0.6 is 0 Å². The molecular weight excluding hydrogens is 307 g/mol. The van der Waals surface area contributed by atoms with Crippen LogP contribution in [0.4, 0.5) is 13.2 Å². The molecule has 0 bridgehead atoms. The van der Waals surface area contributed by atoms with E-state index in [4.69, 9.17) is 4.74 Å². The number of alkyl halides is 3. The van der Waals surface area contributed by atoms with Crippen LogP contribution in [0.15, 0.2) is 24.3 Å². The van der Waals surface area contributed by atoms with Gasteiger partial charge in [-0.05, 0) is 57.4 Å². The molecule has 2 atom stereocenters. The van der Waals surface area contributed by atoms with Gasteiger partial charge in [0.1, 0.15) is 17.6 Å². The van der Waals surface area contributed by atoms with Gasteiger partial charge >= 0.3 is 6.36 Å². The SMILES string of the molecule is CC[C@H]1C[C@@H](Oc2ccc(OC(F)(F)F)cc2)CCN1C(C)C. The third-order valence-corrected chi connectivity index (χ3v) is 4.21. The Kier molecular flexibility index (Phi) is 5.79. The molecule has 1 aromatic carbocycles. The highest BCUT2D eigenvalue weighted by Gasteiger charge is 2.31. The maximum absolute atomic E-state index is 12.1. The summed E-state index contributed by atoms with van der Waals surface area (Å²) in [6.45, 7) is 7.55. The Morgan fingerprint density at radius 1 is 1.17 bits per heavy atom. The van der Waals surface area contributed by atoms with Crippen LogP contribution in [0.25, 0.3) is 0 Å². The lowest BCUT2D eigenvalue weighted by Gasteiger charge is -2.41. The zero-order valence-electron chi connectivity index (χ0n) is 13.8. The number of benzene rings is 1. The van der Waals surface area contributed by atoms with E-state index in [1.54, 1.807) is 0 Å². The molecule has 1 aliphatic rings. The first-order valence-electron chi connectivity index (χ1n) is 8.06. The fraction of sp³-hybridized carbons (Fsp3) is 0.647. The van der Waals surface area contributed by atoms with Crippen molar-refractivity contribution in [1.82, 2.24) is 4.90 Å². The molecular formula is C17H24F3NO2. The number of rotatable bonds is 5. The highest BCUT2D eigenvalue weighted by molar-refractivity contribution is 5.31. The second kappa shape index (κ2) is 7.43. The zero-order chi connectivity index (χ0) is 17.0. The lowest BCUT2D eigenvalue weighted by Crippen LogP contribution is -2.48. The highest BCUT2D eigenvalue weighted by Crippen LogP contribution is 2.28. The van der Waals surface area contributed by atoms with Gasteiger partial charge in [-0.2, -0.15) is 0 Å². The summed E-state index contributed by atoms with van der Waals surface area (Å²) < 4.78 is 46.2. The Bertz CT molecular complexity index is 488. The number of piperidine rings is 1. The van der Waals surface area contributed by atoms with Crippen molar-refractivity contribution < 1.29 is 22.6 Å². The first-order valence-corrected chi connectivity index (χ1v) is 8.06. The maximum Gasteiger partial charge on any atom is 0.573 e. The largest absolute Gasteiger partial charge is 0.573 e. The zero-order valence-corrected chi connectivity index (χ0v) is 13.8. The van der Waals surface area contributed by atoms with E-state index in [1.807, 2.05) is 0 Å². The van der Waals surface area contributed by atoms with Crippen molar-refractivity contribution in [3.05, 3.63) is 24.3 Å². The van der Waals surface area contributed by atoms with Crippen LogP contribution in [0.1, 0.15) is 40.0 Å². The van der Waals surface area contributed by atoms with Crippen molar-refractivity contribution in [1.29, 1.82) is 0 Å². The van der Waals surface area contributed by atoms with E-state index >= 15 is 0 Å². The van der Waals surface area contributed by atoms with Gasteiger partial charge in [-0.15, -0.1) is 13.2 Å². The van der Waals surface area contributed by atoms with Gasteiger partial charge in [0.2, 0.25) is 0 Å². The molecule has 6 heteroatoms. The van der Waals surface area contributed by atoms with Crippen LogP contribution in [-0.2, 0) is 0 Å². The van der Waals surface area contributed by atoms with E-state index in [2.05, 4.69) is 30.4 Å². The Labute approximate surface area is 135 Å². The second-order valence-electron chi connectivity index (χ2n) is 6.18. The topological polar surface area (TPSA) is 21.7 Å². The average Bonchev–Trinajstić information content (AvgIpc) is 2.47. The minimum atomic E-state index is -4.67. The third kappa shape index (κ3) is 5.30. The molecule has 0 spiro atoms. The maximum atomic E-state index is 12.1. The van der Waals surface area contributed by atoms with Crippen LogP contribution < -0.4 is 9.47 Å². The summed E-state index contributed by atoms with van der Waals surface area (Å²) in [6, 6.07) is 6.61. The van der Waals surface area contributed by atoms with Crippen molar-refractivity contribution in [3.8, 4) is 11.5 Å². The average molecular weight is 331 g/mol. The Balaban J connectivity index is 1.92. The van der Waals surface area contributed by atoms with Gasteiger partial charge in [-0.3, -0.25) is 4.90 Å². The molecule has 1 fully saturated rings. The van der Waals surface area contributed by atoms with E-state index in [0.29, 0.717) is 17.8 Å². The number of halogens is 3. The molecule has 0 N–H and O–H groups in total. The molecule has 2 rings (SSSR count). The fourth-order valence-corrected chi connectivity index (χ4v) is 3.13. The van der Waals surface area contributed by atoms with Crippen molar-refractivity contribution in [3.63, 3.8) is 0 Å². The van der Waals surface area contributed by atoms with Crippen molar-refractivity contribution >= 4 is 0 Å². The van der Waals surface area contributed by atoms with Crippen molar-refractivity contribution in [2.75, 3.05) is 6.54 Å². The summed E-state index contributed by atoms with van der Waals surface area (Å²) in [6.07, 6.45) is -1.63. The highest BCUT2D eigenvalue weighted by atomic mass is 19.4. The van der Waals surface area contributed by atoms with E-state index in [0.717, 1.165) is 25.8 Å². The smallest absolute Gasteiger partial charge is 0.490 e. The Hall–Kier alpha value is -1.43. The molecule has 1 heterocycles. The normalized spacial score (nSPS) is 23.1. The van der Waals surface area contributed by atoms with Gasteiger partial charge < -0.3 is 9.47 Å². The lowest BCUT2D eigenvalue weighted by atomic mass is 9.96. The minimum Gasteiger partial charge on any atom is -0.490 e. The summed E-state index contributed by atoms with van der Waals surface area (Å²) in [5, 5.41) is 0. The first-order chi connectivity index (χ1) is 10.8. The number of hydrogen-bond donors (Lipinski definition) is 0. The summed E-state index contributed by atoms with van der Waals surface area (Å²) in [5.74, 6) is 0.350. The molecule has 1 saturated heterocycles. The van der Waals surface area contributed by atoms with Gasteiger partial charge in [0.05, 0.1) is 0 Å². The van der Waals surface area contributed by atoms with E-state index < -0.39 is 6.36 Å². The summed E-state index contributed by atoms with van der Waals surface area (Å²) in [5.41, 5.74) is 0. The van der Waals surface area contributed by atoms with Gasteiger partial charge in [0.25, 0.3) is 0 Å². The molecule has 0 aliphatic carbocycles. The van der Waals surface area contributed by atoms with Gasteiger partial charge in [-0.1, -0.05) is 6.92 Å². The fourth-order valence-electron chi connectivity index (χ4n) is 3.13. The minimum absolute atomic E-state index is 0.101. The quantitative estimate of drug-likeness (QED) is 0.786. The third-order valence-electron chi connectivity index (χ3n) is 4.21. The molecule has 0 saturated carbocycles. The van der Waals surface area contributed by atoms with Crippen LogP contribution in [0, 0.1) is 0 Å². The van der Waals surface area contributed by atoms with Gasteiger partial charge in [0.15, 0.2) is 0 Å². The molecule has 1 aliphatic heterocycles. The summed E-state index contributed by atoms with van der Waals surface area (Å²) in [4.78, 5) is 2.49. The summed E-state index contributed by atoms with van der Waals surface area (Å²) in [7, 11) is 0. The number of ether oxygens (including phenoxy) is 2. The Morgan fingerprint density at radius 2 is 1.78 bits per heavy atom. The molecule has 130 valence electrons. The molecule has 1 aromatic rings. The van der Waals surface area contributed by atoms with Gasteiger partial charge in [0, 0.05) is 18.6 Å². The lowest BCUT2D eigenvalue weighted by molar-refractivity contribution is -0.274. The standard InChI is InChI=1S/C17H24F3NO2/c1-4-13-11-16(9-10-21(13)12(2)3)22-14-5-7-15(8-6-14)23-17(18,19)20/h5-8,12-13,16H,4,9-11H2,1-3H3/t13-,16-/m0/s1. The molecule has 3 nitrogen and oxygen atoms in total. The van der Waals surface area contributed by atoms with Crippen LogP contribution in [0.2, 0.25) is 0 Å².